The summed E-state index contributed by atoms with van der Waals surface area (Å²) in [5, 5.41) is 9.57. The van der Waals surface area contributed by atoms with Crippen LogP contribution in [0.15, 0.2) is 59.1 Å². The number of esters is 1. The van der Waals surface area contributed by atoms with E-state index < -0.39 is 5.97 Å². The number of hydrogen-bond acceptors (Lipinski definition) is 4. The fraction of sp³-hybridized carbons (Fsp3) is 0.111. The van der Waals surface area contributed by atoms with Crippen molar-refractivity contribution in [3.8, 4) is 11.3 Å². The number of rotatable bonds is 4. The molecule has 0 radical (unpaired) electrons. The first-order valence-corrected chi connectivity index (χ1v) is 7.92. The monoisotopic (exact) mass is 371 g/mol. The van der Waals surface area contributed by atoms with Gasteiger partial charge in [-0.15, -0.1) is 0 Å². The summed E-state index contributed by atoms with van der Waals surface area (Å²) in [6.45, 7) is -0.225. The summed E-state index contributed by atoms with van der Waals surface area (Å²) in [5.74, 6) is -0.462. The Hall–Kier alpha value is -2.24. The molecule has 0 atom stereocenters. The van der Waals surface area contributed by atoms with Crippen molar-refractivity contribution < 1.29 is 14.6 Å². The third kappa shape index (κ3) is 3.41. The van der Waals surface area contributed by atoms with Crippen LogP contribution in [0.3, 0.4) is 0 Å². The van der Waals surface area contributed by atoms with Crippen LogP contribution >= 0.6 is 15.9 Å². The highest BCUT2D eigenvalue weighted by atomic mass is 79.9. The highest BCUT2D eigenvalue weighted by molar-refractivity contribution is 9.10. The standard InChI is InChI=1S/C18H14BrNO3/c19-13-7-5-12(6-8-13)17-11-15(18(22)23-10-9-21)14-3-1-2-4-16(14)20-17/h1-8,11,21H,9-10H2. The number of aliphatic hydroxyl groups excluding tert-OH is 1. The average Bonchev–Trinajstić information content (AvgIpc) is 2.59. The van der Waals surface area contributed by atoms with Crippen LogP contribution in [0.25, 0.3) is 22.2 Å². The largest absolute Gasteiger partial charge is 0.460 e. The molecular formula is C18H14BrNO3. The van der Waals surface area contributed by atoms with Gasteiger partial charge in [0.25, 0.3) is 0 Å². The molecule has 1 aromatic heterocycles. The minimum atomic E-state index is -0.462. The van der Waals surface area contributed by atoms with Gasteiger partial charge in [-0.1, -0.05) is 46.3 Å². The van der Waals surface area contributed by atoms with E-state index >= 15 is 0 Å². The number of hydrogen-bond donors (Lipinski definition) is 1. The molecule has 116 valence electrons. The third-order valence-electron chi connectivity index (χ3n) is 3.40. The molecule has 0 spiro atoms. The molecule has 2 aromatic carbocycles. The number of carbonyl (C=O) groups excluding carboxylic acids is 1. The summed E-state index contributed by atoms with van der Waals surface area (Å²) in [6.07, 6.45) is 0. The molecule has 0 aliphatic carbocycles. The number of carbonyl (C=O) groups is 1. The van der Waals surface area contributed by atoms with E-state index in [-0.39, 0.29) is 13.2 Å². The molecule has 1 heterocycles. The van der Waals surface area contributed by atoms with Gasteiger partial charge in [0, 0.05) is 15.4 Å². The molecule has 3 rings (SSSR count). The number of para-hydroxylation sites is 1. The molecule has 0 aliphatic rings. The van der Waals surface area contributed by atoms with E-state index in [0.717, 1.165) is 20.9 Å². The van der Waals surface area contributed by atoms with Crippen molar-refractivity contribution >= 4 is 32.8 Å². The van der Waals surface area contributed by atoms with Crippen LogP contribution in [-0.2, 0) is 4.74 Å². The summed E-state index contributed by atoms with van der Waals surface area (Å²) in [4.78, 5) is 16.9. The second-order valence-corrected chi connectivity index (χ2v) is 5.85. The first kappa shape index (κ1) is 15.6. The van der Waals surface area contributed by atoms with Crippen molar-refractivity contribution in [1.82, 2.24) is 4.98 Å². The summed E-state index contributed by atoms with van der Waals surface area (Å²) in [6, 6.07) is 16.9. The van der Waals surface area contributed by atoms with Crippen molar-refractivity contribution in [2.24, 2.45) is 0 Å². The molecule has 0 bridgehead atoms. The van der Waals surface area contributed by atoms with E-state index in [4.69, 9.17) is 9.84 Å². The van der Waals surface area contributed by atoms with Crippen LogP contribution in [0.2, 0.25) is 0 Å². The first-order valence-electron chi connectivity index (χ1n) is 7.13. The van der Waals surface area contributed by atoms with Crippen LogP contribution in [0.5, 0.6) is 0 Å². The predicted octanol–water partition coefficient (Wildman–Crippen LogP) is 3.81. The number of aliphatic hydroxyl groups is 1. The quantitative estimate of drug-likeness (QED) is 0.708. The minimum Gasteiger partial charge on any atom is -0.460 e. The third-order valence-corrected chi connectivity index (χ3v) is 3.93. The number of fused-ring (bicyclic) bond motifs is 1. The van der Waals surface area contributed by atoms with E-state index in [0.29, 0.717) is 11.3 Å². The second-order valence-electron chi connectivity index (χ2n) is 4.94. The summed E-state index contributed by atoms with van der Waals surface area (Å²) >= 11 is 3.41. The smallest absolute Gasteiger partial charge is 0.338 e. The zero-order valence-corrected chi connectivity index (χ0v) is 13.8. The lowest BCUT2D eigenvalue weighted by molar-refractivity contribution is 0.0436. The molecule has 1 N–H and O–H groups in total. The Labute approximate surface area is 141 Å². The lowest BCUT2D eigenvalue weighted by atomic mass is 10.0. The average molecular weight is 372 g/mol. The Balaban J connectivity index is 2.13. The maximum Gasteiger partial charge on any atom is 0.338 e. The molecule has 23 heavy (non-hydrogen) atoms. The predicted molar refractivity (Wildman–Crippen MR) is 92.2 cm³/mol. The fourth-order valence-electron chi connectivity index (χ4n) is 2.33. The normalized spacial score (nSPS) is 10.7. The highest BCUT2D eigenvalue weighted by Crippen LogP contribution is 2.26. The van der Waals surface area contributed by atoms with Crippen molar-refractivity contribution in [3.63, 3.8) is 0 Å². The van der Waals surface area contributed by atoms with Crippen LogP contribution in [0.1, 0.15) is 10.4 Å². The van der Waals surface area contributed by atoms with Crippen LogP contribution in [-0.4, -0.2) is 29.3 Å². The Bertz CT molecular complexity index is 847. The molecule has 0 saturated heterocycles. The Morgan fingerprint density at radius 3 is 2.61 bits per heavy atom. The van der Waals surface area contributed by atoms with Crippen LogP contribution < -0.4 is 0 Å². The van der Waals surface area contributed by atoms with Gasteiger partial charge in [0.05, 0.1) is 23.4 Å². The van der Waals surface area contributed by atoms with E-state index in [9.17, 15) is 4.79 Å². The number of halogens is 1. The summed E-state index contributed by atoms with van der Waals surface area (Å²) < 4.78 is 6.05. The molecule has 0 saturated carbocycles. The van der Waals surface area contributed by atoms with Crippen molar-refractivity contribution in [3.05, 3.63) is 64.6 Å². The van der Waals surface area contributed by atoms with Crippen LogP contribution in [0, 0.1) is 0 Å². The van der Waals surface area contributed by atoms with Gasteiger partial charge < -0.3 is 9.84 Å². The second kappa shape index (κ2) is 6.89. The van der Waals surface area contributed by atoms with Crippen molar-refractivity contribution in [2.75, 3.05) is 13.2 Å². The number of ether oxygens (including phenoxy) is 1. The molecule has 0 fully saturated rings. The number of nitrogens with zero attached hydrogens (tertiary/aromatic N) is 1. The van der Waals surface area contributed by atoms with Crippen molar-refractivity contribution in [2.45, 2.75) is 0 Å². The van der Waals surface area contributed by atoms with Crippen molar-refractivity contribution in [1.29, 1.82) is 0 Å². The van der Waals surface area contributed by atoms with Crippen LogP contribution in [0.4, 0.5) is 0 Å². The lowest BCUT2D eigenvalue weighted by Gasteiger charge is -2.09. The van der Waals surface area contributed by atoms with Gasteiger partial charge >= 0.3 is 5.97 Å². The van der Waals surface area contributed by atoms with E-state index in [1.807, 2.05) is 48.5 Å². The van der Waals surface area contributed by atoms with Gasteiger partial charge in [-0.25, -0.2) is 9.78 Å². The zero-order valence-electron chi connectivity index (χ0n) is 12.2. The molecule has 5 heteroatoms. The lowest BCUT2D eigenvalue weighted by Crippen LogP contribution is -2.10. The molecule has 3 aromatic rings. The summed E-state index contributed by atoms with van der Waals surface area (Å²) in [5.41, 5.74) is 2.79. The number of aromatic nitrogens is 1. The Morgan fingerprint density at radius 1 is 1.13 bits per heavy atom. The molecule has 4 nitrogen and oxygen atoms in total. The highest BCUT2D eigenvalue weighted by Gasteiger charge is 2.15. The molecule has 0 aliphatic heterocycles. The fourth-order valence-corrected chi connectivity index (χ4v) is 2.59. The minimum absolute atomic E-state index is 0.0247. The SMILES string of the molecule is O=C(OCCO)c1cc(-c2ccc(Br)cc2)nc2ccccc12. The summed E-state index contributed by atoms with van der Waals surface area (Å²) in [7, 11) is 0. The first-order chi connectivity index (χ1) is 11.2. The maximum absolute atomic E-state index is 12.3. The van der Waals surface area contributed by atoms with E-state index in [1.165, 1.54) is 0 Å². The van der Waals surface area contributed by atoms with E-state index in [2.05, 4.69) is 20.9 Å². The van der Waals surface area contributed by atoms with Gasteiger partial charge in [0.2, 0.25) is 0 Å². The van der Waals surface area contributed by atoms with Gasteiger partial charge in [0.1, 0.15) is 6.61 Å². The molecule has 0 unspecified atom stereocenters. The van der Waals surface area contributed by atoms with Gasteiger partial charge in [0.15, 0.2) is 0 Å². The maximum atomic E-state index is 12.3. The topological polar surface area (TPSA) is 59.4 Å². The van der Waals surface area contributed by atoms with Gasteiger partial charge in [-0.2, -0.15) is 0 Å². The Morgan fingerprint density at radius 2 is 1.87 bits per heavy atom. The number of pyridine rings is 1. The molecular weight excluding hydrogens is 358 g/mol. The number of benzene rings is 2. The van der Waals surface area contributed by atoms with Gasteiger partial charge in [-0.3, -0.25) is 0 Å². The van der Waals surface area contributed by atoms with Gasteiger partial charge in [-0.05, 0) is 24.3 Å². The van der Waals surface area contributed by atoms with E-state index in [1.54, 1.807) is 6.07 Å². The Kier molecular flexibility index (Phi) is 4.69. The zero-order chi connectivity index (χ0) is 16.2. The molecule has 0 amide bonds.